The fourth-order valence-corrected chi connectivity index (χ4v) is 5.36. The normalized spacial score (nSPS) is 19.9. The Morgan fingerprint density at radius 3 is 2.96 bits per heavy atom. The van der Waals surface area contributed by atoms with E-state index in [9.17, 15) is 9.59 Å². The zero-order chi connectivity index (χ0) is 19.4. The first-order valence-electron chi connectivity index (χ1n) is 9.59. The van der Waals surface area contributed by atoms with Gasteiger partial charge in [-0.05, 0) is 31.2 Å². The molecule has 0 radical (unpaired) electrons. The van der Waals surface area contributed by atoms with Crippen LogP contribution < -0.4 is 10.9 Å². The van der Waals surface area contributed by atoms with Gasteiger partial charge in [0, 0.05) is 17.5 Å². The van der Waals surface area contributed by atoms with Crippen molar-refractivity contribution in [3.63, 3.8) is 0 Å². The summed E-state index contributed by atoms with van der Waals surface area (Å²) in [7, 11) is 0. The molecule has 1 aliphatic carbocycles. The number of carbonyl (C=O) groups excluding carboxylic acids is 1. The van der Waals surface area contributed by atoms with Gasteiger partial charge in [-0.3, -0.25) is 14.2 Å². The highest BCUT2D eigenvalue weighted by molar-refractivity contribution is 7.99. The van der Waals surface area contributed by atoms with Crippen molar-refractivity contribution in [2.75, 3.05) is 5.75 Å². The van der Waals surface area contributed by atoms with E-state index in [1.165, 1.54) is 31.0 Å². The molecule has 0 spiro atoms. The molecule has 2 aromatic rings. The molecule has 1 amide bonds. The Labute approximate surface area is 168 Å². The maximum absolute atomic E-state index is 12.8. The summed E-state index contributed by atoms with van der Waals surface area (Å²) in [6.45, 7) is 8.41. The summed E-state index contributed by atoms with van der Waals surface area (Å²) >= 11 is 2.88. The largest absolute Gasteiger partial charge is 0.352 e. The summed E-state index contributed by atoms with van der Waals surface area (Å²) in [5.41, 5.74) is -0.0559. The lowest BCUT2D eigenvalue weighted by atomic mass is 9.86. The fraction of sp³-hybridized carbons (Fsp3) is 0.550. The first-order valence-corrected chi connectivity index (χ1v) is 11.4. The number of rotatable bonds is 7. The van der Waals surface area contributed by atoms with Gasteiger partial charge in [-0.25, -0.2) is 4.98 Å². The van der Waals surface area contributed by atoms with Crippen molar-refractivity contribution >= 4 is 39.2 Å². The number of aromatic nitrogens is 2. The van der Waals surface area contributed by atoms with Crippen LogP contribution in [0.2, 0.25) is 0 Å². The molecule has 0 unspecified atom stereocenters. The predicted octanol–water partition coefficient (Wildman–Crippen LogP) is 3.99. The fourth-order valence-electron chi connectivity index (χ4n) is 3.53. The molecule has 1 fully saturated rings. The van der Waals surface area contributed by atoms with E-state index in [-0.39, 0.29) is 23.3 Å². The minimum Gasteiger partial charge on any atom is -0.352 e. The molecule has 0 bridgehead atoms. The molecule has 0 aliphatic heterocycles. The van der Waals surface area contributed by atoms with E-state index in [0.717, 1.165) is 22.5 Å². The van der Waals surface area contributed by atoms with E-state index >= 15 is 0 Å². The molecule has 146 valence electrons. The lowest BCUT2D eigenvalue weighted by Crippen LogP contribution is -2.41. The molecule has 1 N–H and O–H groups in total. The number of aryl methyl sites for hydroxylation is 1. The molecule has 0 saturated heterocycles. The van der Waals surface area contributed by atoms with E-state index < -0.39 is 0 Å². The van der Waals surface area contributed by atoms with Crippen LogP contribution in [0.5, 0.6) is 0 Å². The number of nitrogens with one attached hydrogen (secondary N) is 1. The Balaban J connectivity index is 1.76. The van der Waals surface area contributed by atoms with Crippen LogP contribution in [-0.2, 0) is 17.8 Å². The second-order valence-corrected chi connectivity index (χ2v) is 9.17. The van der Waals surface area contributed by atoms with Crippen molar-refractivity contribution in [3.8, 4) is 0 Å². The number of amides is 1. The zero-order valence-corrected chi connectivity index (χ0v) is 17.6. The molecule has 0 aromatic carbocycles. The summed E-state index contributed by atoms with van der Waals surface area (Å²) in [5.74, 6) is 0.808. The van der Waals surface area contributed by atoms with Crippen LogP contribution in [0, 0.1) is 5.92 Å². The number of nitrogens with zero attached hydrogens (tertiary/aromatic N) is 2. The number of thioether (sulfide) groups is 1. The van der Waals surface area contributed by atoms with Crippen LogP contribution in [0.4, 0.5) is 0 Å². The van der Waals surface area contributed by atoms with Gasteiger partial charge < -0.3 is 5.32 Å². The third kappa shape index (κ3) is 4.63. The highest BCUT2D eigenvalue weighted by Gasteiger charge is 2.23. The average Bonchev–Trinajstić information content (AvgIpc) is 3.08. The molecule has 5 nitrogen and oxygen atoms in total. The standard InChI is InChI=1S/C20H27N3O2S2/c1-4-10-23-19(25)15-11-14(5-2)27-18(15)22-20(23)26-12-17(24)21-16-9-7-6-8-13(16)3/h4,11,13,16H,1,5-10,12H2,2-3H3,(H,21,24)/t13-,16-/m1/s1. The minimum atomic E-state index is -0.0559. The van der Waals surface area contributed by atoms with Gasteiger partial charge in [0.15, 0.2) is 5.16 Å². The first kappa shape index (κ1) is 20.1. The van der Waals surface area contributed by atoms with Crippen molar-refractivity contribution in [1.29, 1.82) is 0 Å². The Bertz CT molecular complexity index is 887. The molecular formula is C20H27N3O2S2. The van der Waals surface area contributed by atoms with Gasteiger partial charge in [-0.2, -0.15) is 0 Å². The lowest BCUT2D eigenvalue weighted by molar-refractivity contribution is -0.119. The van der Waals surface area contributed by atoms with E-state index in [2.05, 4.69) is 30.7 Å². The second kappa shape index (κ2) is 9.06. The van der Waals surface area contributed by atoms with Gasteiger partial charge >= 0.3 is 0 Å². The number of fused-ring (bicyclic) bond motifs is 1. The van der Waals surface area contributed by atoms with Crippen LogP contribution in [0.1, 0.15) is 44.4 Å². The molecule has 27 heavy (non-hydrogen) atoms. The molecule has 2 atom stereocenters. The SMILES string of the molecule is C=CCn1c(SCC(=O)N[C@@H]2CCCC[C@H]2C)nc2sc(CC)cc2c1=O. The minimum absolute atomic E-state index is 0.0127. The van der Waals surface area contributed by atoms with Crippen molar-refractivity contribution in [2.45, 2.75) is 63.7 Å². The first-order chi connectivity index (χ1) is 13.0. The van der Waals surface area contributed by atoms with Gasteiger partial charge in [0.1, 0.15) is 4.83 Å². The average molecular weight is 406 g/mol. The number of thiophene rings is 1. The molecule has 1 aliphatic rings. The molecular weight excluding hydrogens is 378 g/mol. The van der Waals surface area contributed by atoms with E-state index in [1.54, 1.807) is 22.0 Å². The number of carbonyl (C=O) groups is 1. The van der Waals surface area contributed by atoms with Crippen molar-refractivity contribution in [3.05, 3.63) is 34.0 Å². The number of hydrogen-bond donors (Lipinski definition) is 1. The Kier molecular flexibility index (Phi) is 6.76. The Morgan fingerprint density at radius 1 is 1.48 bits per heavy atom. The topological polar surface area (TPSA) is 64.0 Å². The lowest BCUT2D eigenvalue weighted by Gasteiger charge is -2.29. The van der Waals surface area contributed by atoms with E-state index in [0.29, 0.717) is 23.0 Å². The van der Waals surface area contributed by atoms with Gasteiger partial charge in [0.25, 0.3) is 5.56 Å². The van der Waals surface area contributed by atoms with Crippen LogP contribution in [-0.4, -0.2) is 27.3 Å². The zero-order valence-electron chi connectivity index (χ0n) is 16.0. The van der Waals surface area contributed by atoms with Crippen molar-refractivity contribution in [1.82, 2.24) is 14.9 Å². The summed E-state index contributed by atoms with van der Waals surface area (Å²) < 4.78 is 1.61. The predicted molar refractivity (Wildman–Crippen MR) is 114 cm³/mol. The van der Waals surface area contributed by atoms with Crippen molar-refractivity contribution in [2.24, 2.45) is 5.92 Å². The third-order valence-corrected chi connectivity index (χ3v) is 7.27. The summed E-state index contributed by atoms with van der Waals surface area (Å²) in [4.78, 5) is 31.8. The monoisotopic (exact) mass is 405 g/mol. The highest BCUT2D eigenvalue weighted by atomic mass is 32.2. The van der Waals surface area contributed by atoms with Crippen LogP contribution >= 0.6 is 23.1 Å². The molecule has 2 heterocycles. The summed E-state index contributed by atoms with van der Waals surface area (Å²) in [6.07, 6.45) is 7.23. The number of hydrogen-bond acceptors (Lipinski definition) is 5. The van der Waals surface area contributed by atoms with Gasteiger partial charge in [-0.1, -0.05) is 44.5 Å². The van der Waals surface area contributed by atoms with Crippen LogP contribution in [0.25, 0.3) is 10.2 Å². The molecule has 2 aromatic heterocycles. The summed E-state index contributed by atoms with van der Waals surface area (Å²) in [5, 5.41) is 4.41. The highest BCUT2D eigenvalue weighted by Crippen LogP contribution is 2.26. The number of allylic oxidation sites excluding steroid dienone is 1. The quantitative estimate of drug-likeness (QED) is 0.430. The van der Waals surface area contributed by atoms with Crippen LogP contribution in [0.3, 0.4) is 0 Å². The van der Waals surface area contributed by atoms with E-state index in [1.807, 2.05) is 6.07 Å². The molecule has 1 saturated carbocycles. The summed E-state index contributed by atoms with van der Waals surface area (Å²) in [6, 6.07) is 2.20. The Morgan fingerprint density at radius 2 is 2.26 bits per heavy atom. The smallest absolute Gasteiger partial charge is 0.263 e. The van der Waals surface area contributed by atoms with Gasteiger partial charge in [0.2, 0.25) is 5.91 Å². The third-order valence-electron chi connectivity index (χ3n) is 5.12. The van der Waals surface area contributed by atoms with Gasteiger partial charge in [0.05, 0.1) is 11.1 Å². The Hall–Kier alpha value is -1.60. The van der Waals surface area contributed by atoms with Crippen LogP contribution in [0.15, 0.2) is 28.7 Å². The van der Waals surface area contributed by atoms with Crippen molar-refractivity contribution < 1.29 is 4.79 Å². The molecule has 7 heteroatoms. The maximum atomic E-state index is 12.8. The van der Waals surface area contributed by atoms with Gasteiger partial charge in [-0.15, -0.1) is 17.9 Å². The maximum Gasteiger partial charge on any atom is 0.263 e. The second-order valence-electron chi connectivity index (χ2n) is 7.11. The molecule has 3 rings (SSSR count). The van der Waals surface area contributed by atoms with E-state index in [4.69, 9.17) is 0 Å².